The summed E-state index contributed by atoms with van der Waals surface area (Å²) in [5.41, 5.74) is 0.722. The second-order valence-electron chi connectivity index (χ2n) is 8.05. The van der Waals surface area contributed by atoms with Gasteiger partial charge in [0.1, 0.15) is 11.3 Å². The number of benzene rings is 2. The van der Waals surface area contributed by atoms with Gasteiger partial charge in [0.15, 0.2) is 15.0 Å². The summed E-state index contributed by atoms with van der Waals surface area (Å²) in [6, 6.07) is 11.8. The molecule has 1 atom stereocenters. The van der Waals surface area contributed by atoms with E-state index in [4.69, 9.17) is 26.1 Å². The molecule has 4 rings (SSSR count). The molecular weight excluding hydrogens is 496 g/mol. The van der Waals surface area contributed by atoms with Gasteiger partial charge in [0, 0.05) is 18.1 Å². The lowest BCUT2D eigenvalue weighted by Gasteiger charge is -2.23. The van der Waals surface area contributed by atoms with Gasteiger partial charge in [-0.15, -0.1) is 0 Å². The molecule has 7 nitrogen and oxygen atoms in total. The summed E-state index contributed by atoms with van der Waals surface area (Å²) in [6.45, 7) is 3.51. The average molecular weight is 523 g/mol. The van der Waals surface area contributed by atoms with Gasteiger partial charge in [-0.1, -0.05) is 29.0 Å². The van der Waals surface area contributed by atoms with Crippen molar-refractivity contribution in [2.75, 3.05) is 30.4 Å². The van der Waals surface area contributed by atoms with Gasteiger partial charge >= 0.3 is 0 Å². The van der Waals surface area contributed by atoms with Gasteiger partial charge in [0.05, 0.1) is 34.6 Å². The molecule has 3 aromatic rings. The molecule has 1 saturated heterocycles. The number of anilines is 1. The van der Waals surface area contributed by atoms with Crippen molar-refractivity contribution >= 4 is 54.0 Å². The first-order valence-corrected chi connectivity index (χ1v) is 14.1. The normalized spacial score (nSPS) is 16.1. The Kier molecular flexibility index (Phi) is 8.08. The predicted molar refractivity (Wildman–Crippen MR) is 135 cm³/mol. The maximum Gasteiger partial charge on any atom is 0.228 e. The number of nitrogens with zero attached hydrogens (tertiary/aromatic N) is 2. The maximum absolute atomic E-state index is 13.3. The second-order valence-corrected chi connectivity index (χ2v) is 11.6. The Morgan fingerprint density at radius 2 is 2.06 bits per heavy atom. The van der Waals surface area contributed by atoms with Gasteiger partial charge in [-0.25, -0.2) is 13.4 Å². The Hall–Kier alpha value is -2.20. The van der Waals surface area contributed by atoms with Crippen molar-refractivity contribution in [1.82, 2.24) is 4.98 Å². The molecule has 1 amide bonds. The predicted octanol–water partition coefficient (Wildman–Crippen LogP) is 5.11. The van der Waals surface area contributed by atoms with Gasteiger partial charge in [0.2, 0.25) is 5.91 Å². The number of halogens is 1. The molecule has 1 aliphatic rings. The summed E-state index contributed by atoms with van der Waals surface area (Å²) in [6.07, 6.45) is 2.08. The number of thiazole rings is 1. The highest BCUT2D eigenvalue weighted by atomic mass is 35.5. The number of amides is 1. The van der Waals surface area contributed by atoms with E-state index in [1.165, 1.54) is 23.5 Å². The highest BCUT2D eigenvalue weighted by molar-refractivity contribution is 7.91. The first-order chi connectivity index (χ1) is 16.4. The molecule has 1 unspecified atom stereocenters. The van der Waals surface area contributed by atoms with Crippen LogP contribution in [-0.4, -0.2) is 50.9 Å². The monoisotopic (exact) mass is 522 g/mol. The van der Waals surface area contributed by atoms with Crippen LogP contribution in [0.4, 0.5) is 5.13 Å². The summed E-state index contributed by atoms with van der Waals surface area (Å²) in [7, 11) is -3.50. The first kappa shape index (κ1) is 24.9. The molecule has 0 aliphatic carbocycles. The minimum Gasteiger partial charge on any atom is -0.492 e. The molecule has 182 valence electrons. The highest BCUT2D eigenvalue weighted by Crippen LogP contribution is 2.35. The standard InChI is InChI=1S/C24H27ClN2O5S2/c1-2-31-20-7-3-8-21-23(20)26-24(33-21)27(16-18-6-4-14-32-18)22(28)9-5-15-34(29,30)19-12-10-17(25)11-13-19/h3,7-8,10-13,18H,2,4-6,9,14-16H2,1H3. The number of aromatic nitrogens is 1. The molecule has 2 heterocycles. The summed E-state index contributed by atoms with van der Waals surface area (Å²) >= 11 is 7.28. The smallest absolute Gasteiger partial charge is 0.228 e. The van der Waals surface area contributed by atoms with Crippen molar-refractivity contribution in [3.05, 3.63) is 47.5 Å². The van der Waals surface area contributed by atoms with Crippen molar-refractivity contribution in [2.24, 2.45) is 0 Å². The highest BCUT2D eigenvalue weighted by Gasteiger charge is 2.27. The number of hydrogen-bond acceptors (Lipinski definition) is 7. The first-order valence-electron chi connectivity index (χ1n) is 11.3. The summed E-state index contributed by atoms with van der Waals surface area (Å²) in [5, 5.41) is 1.05. The van der Waals surface area contributed by atoms with Crippen LogP contribution in [0.5, 0.6) is 5.75 Å². The van der Waals surface area contributed by atoms with Gasteiger partial charge in [-0.3, -0.25) is 9.69 Å². The van der Waals surface area contributed by atoms with E-state index in [2.05, 4.69) is 0 Å². The number of fused-ring (bicyclic) bond motifs is 1. The van der Waals surface area contributed by atoms with E-state index in [0.717, 1.165) is 23.1 Å². The number of carbonyl (C=O) groups is 1. The minimum absolute atomic E-state index is 0.0554. The molecule has 10 heteroatoms. The fourth-order valence-electron chi connectivity index (χ4n) is 3.89. The van der Waals surface area contributed by atoms with Crippen LogP contribution in [0, 0.1) is 0 Å². The number of rotatable bonds is 10. The van der Waals surface area contributed by atoms with Crippen molar-refractivity contribution in [3.63, 3.8) is 0 Å². The van der Waals surface area contributed by atoms with E-state index in [-0.39, 0.29) is 35.5 Å². The number of hydrogen-bond donors (Lipinski definition) is 0. The molecule has 34 heavy (non-hydrogen) atoms. The van der Waals surface area contributed by atoms with Gasteiger partial charge in [0.25, 0.3) is 0 Å². The molecule has 0 saturated carbocycles. The summed E-state index contributed by atoms with van der Waals surface area (Å²) in [4.78, 5) is 19.8. The zero-order valence-corrected chi connectivity index (χ0v) is 21.3. The molecule has 0 spiro atoms. The van der Waals surface area contributed by atoms with E-state index >= 15 is 0 Å². The molecule has 1 aliphatic heterocycles. The van der Waals surface area contributed by atoms with Crippen molar-refractivity contribution < 1.29 is 22.7 Å². The van der Waals surface area contributed by atoms with Crippen LogP contribution < -0.4 is 9.64 Å². The Morgan fingerprint density at radius 1 is 1.26 bits per heavy atom. The van der Waals surface area contributed by atoms with Crippen LogP contribution in [0.2, 0.25) is 5.02 Å². The van der Waals surface area contributed by atoms with Crippen LogP contribution in [0.15, 0.2) is 47.4 Å². The molecule has 2 aromatic carbocycles. The number of ether oxygens (including phenoxy) is 2. The number of para-hydroxylation sites is 1. The lowest BCUT2D eigenvalue weighted by Crippen LogP contribution is -2.37. The third-order valence-corrected chi connectivity index (χ3v) is 8.70. The van der Waals surface area contributed by atoms with Gasteiger partial charge < -0.3 is 9.47 Å². The molecule has 0 N–H and O–H groups in total. The fourth-order valence-corrected chi connectivity index (χ4v) is 6.33. The van der Waals surface area contributed by atoms with Crippen molar-refractivity contribution in [3.8, 4) is 5.75 Å². The maximum atomic E-state index is 13.3. The summed E-state index contributed by atoms with van der Waals surface area (Å²) < 4.78 is 37.7. The van der Waals surface area contributed by atoms with E-state index in [1.54, 1.807) is 17.0 Å². The van der Waals surface area contributed by atoms with Crippen LogP contribution >= 0.6 is 22.9 Å². The third kappa shape index (κ3) is 5.89. The van der Waals surface area contributed by atoms with Crippen molar-refractivity contribution in [1.29, 1.82) is 0 Å². The van der Waals surface area contributed by atoms with Gasteiger partial charge in [-0.2, -0.15) is 0 Å². The molecule has 0 radical (unpaired) electrons. The Bertz CT molecular complexity index is 1240. The Morgan fingerprint density at radius 3 is 2.76 bits per heavy atom. The molecule has 1 aromatic heterocycles. The average Bonchev–Trinajstić information content (AvgIpc) is 3.48. The van der Waals surface area contributed by atoms with E-state index < -0.39 is 9.84 Å². The Labute approximate surface area is 208 Å². The molecule has 1 fully saturated rings. The van der Waals surface area contributed by atoms with Crippen LogP contribution in [0.3, 0.4) is 0 Å². The van der Waals surface area contributed by atoms with Crippen LogP contribution in [0.1, 0.15) is 32.6 Å². The largest absolute Gasteiger partial charge is 0.492 e. The number of carbonyl (C=O) groups excluding carboxylic acids is 1. The van der Waals surface area contributed by atoms with Crippen LogP contribution in [-0.2, 0) is 19.4 Å². The van der Waals surface area contributed by atoms with E-state index in [1.807, 2.05) is 25.1 Å². The topological polar surface area (TPSA) is 85.8 Å². The molecular formula is C24H27ClN2O5S2. The summed E-state index contributed by atoms with van der Waals surface area (Å²) in [5.74, 6) is 0.391. The number of sulfone groups is 1. The van der Waals surface area contributed by atoms with E-state index in [9.17, 15) is 13.2 Å². The minimum atomic E-state index is -3.50. The lowest BCUT2D eigenvalue weighted by atomic mass is 10.2. The Balaban J connectivity index is 1.50. The van der Waals surface area contributed by atoms with Gasteiger partial charge in [-0.05, 0) is 62.6 Å². The zero-order chi connectivity index (χ0) is 24.1. The quantitative estimate of drug-likeness (QED) is 0.367. The SMILES string of the molecule is CCOc1cccc2sc(N(CC3CCCO3)C(=O)CCCS(=O)(=O)c3ccc(Cl)cc3)nc12. The van der Waals surface area contributed by atoms with Crippen LogP contribution in [0.25, 0.3) is 10.2 Å². The second kappa shape index (κ2) is 11.0. The third-order valence-electron chi connectivity index (χ3n) is 5.59. The van der Waals surface area contributed by atoms with E-state index in [0.29, 0.717) is 35.7 Å². The van der Waals surface area contributed by atoms with Crippen molar-refractivity contribution in [2.45, 2.75) is 43.6 Å². The lowest BCUT2D eigenvalue weighted by molar-refractivity contribution is -0.119. The molecule has 0 bridgehead atoms. The fraction of sp³-hybridized carbons (Fsp3) is 0.417. The zero-order valence-electron chi connectivity index (χ0n) is 18.9.